The minimum absolute atomic E-state index is 0.139. The van der Waals surface area contributed by atoms with Crippen LogP contribution in [0.3, 0.4) is 0 Å². The van der Waals surface area contributed by atoms with Crippen LogP contribution in [0.25, 0.3) is 0 Å². The van der Waals surface area contributed by atoms with Crippen LogP contribution in [0.1, 0.15) is 74.7 Å². The molecule has 0 N–H and O–H groups in total. The van der Waals surface area contributed by atoms with Gasteiger partial charge in [-0.3, -0.25) is 9.13 Å². The van der Waals surface area contributed by atoms with E-state index < -0.39 is 31.0 Å². The summed E-state index contributed by atoms with van der Waals surface area (Å²) < 4.78 is 50.1. The molecule has 0 aliphatic heterocycles. The van der Waals surface area contributed by atoms with Crippen molar-refractivity contribution >= 4 is 41.6 Å². The predicted octanol–water partition coefficient (Wildman–Crippen LogP) is 9.86. The number of benzene rings is 2. The second-order valence-corrected chi connectivity index (χ2v) is 21.2. The molecule has 0 aromatic heterocycles. The Morgan fingerprint density at radius 3 is 1.05 bits per heavy atom. The molecule has 0 spiro atoms. The first-order chi connectivity index (χ1) is 20.3. The van der Waals surface area contributed by atoms with E-state index in [2.05, 4.69) is 60.7 Å². The standard InChI is InChI=1S/C33H56O6P4/c1-28(2)36-42(34,37-29(3)4)26-16-24-40(32-18-11-9-12-19-32)22-15-23-41(33-20-13-10-14-21-33)25-17-27-43(35,38-30(5)6)39-31(7)8/h9-14,18-21,28-31H,15-17,22-27H2,1-8H3. The summed E-state index contributed by atoms with van der Waals surface area (Å²) in [4.78, 5) is 0. The average molecular weight is 673 g/mol. The van der Waals surface area contributed by atoms with Crippen LogP contribution in [0.2, 0.25) is 0 Å². The molecule has 2 aromatic rings. The lowest BCUT2D eigenvalue weighted by Gasteiger charge is -2.25. The largest absolute Gasteiger partial charge is 0.331 e. The van der Waals surface area contributed by atoms with Gasteiger partial charge in [-0.15, -0.1) is 0 Å². The SMILES string of the molecule is CC(C)OP(=O)(CCCP(CCCP(CCCP(=O)(OC(C)C)OC(C)C)c1ccccc1)c1ccccc1)OC(C)C. The van der Waals surface area contributed by atoms with E-state index in [1.165, 1.54) is 10.6 Å². The van der Waals surface area contributed by atoms with E-state index in [1.807, 2.05) is 55.4 Å². The van der Waals surface area contributed by atoms with Gasteiger partial charge in [0.2, 0.25) is 0 Å². The van der Waals surface area contributed by atoms with E-state index in [0.717, 1.165) is 43.9 Å². The van der Waals surface area contributed by atoms with Gasteiger partial charge >= 0.3 is 15.2 Å². The average Bonchev–Trinajstić information content (AvgIpc) is 2.90. The van der Waals surface area contributed by atoms with Crippen molar-refractivity contribution in [2.45, 2.75) is 99.1 Å². The first-order valence-electron chi connectivity index (χ1n) is 15.8. The van der Waals surface area contributed by atoms with Crippen molar-refractivity contribution in [2.24, 2.45) is 0 Å². The Labute approximate surface area is 265 Å². The van der Waals surface area contributed by atoms with Gasteiger partial charge in [-0.25, -0.2) is 0 Å². The highest BCUT2D eigenvalue weighted by molar-refractivity contribution is 7.66. The van der Waals surface area contributed by atoms with Crippen molar-refractivity contribution < 1.29 is 27.2 Å². The van der Waals surface area contributed by atoms with Crippen LogP contribution in [0.4, 0.5) is 0 Å². The summed E-state index contributed by atoms with van der Waals surface area (Å²) in [5.74, 6) is 0. The fourth-order valence-corrected chi connectivity index (χ4v) is 14.7. The molecule has 6 nitrogen and oxygen atoms in total. The van der Waals surface area contributed by atoms with Crippen molar-refractivity contribution in [3.8, 4) is 0 Å². The second kappa shape index (κ2) is 20.0. The van der Waals surface area contributed by atoms with Crippen molar-refractivity contribution in [3.05, 3.63) is 60.7 Å². The Morgan fingerprint density at radius 1 is 0.488 bits per heavy atom. The van der Waals surface area contributed by atoms with Crippen LogP contribution in [0.15, 0.2) is 60.7 Å². The van der Waals surface area contributed by atoms with Gasteiger partial charge in [0, 0.05) is 0 Å². The number of hydrogen-bond acceptors (Lipinski definition) is 6. The predicted molar refractivity (Wildman–Crippen MR) is 189 cm³/mol. The highest BCUT2D eigenvalue weighted by Crippen LogP contribution is 2.53. The van der Waals surface area contributed by atoms with E-state index >= 15 is 0 Å². The third kappa shape index (κ3) is 16.1. The zero-order valence-corrected chi connectivity index (χ0v) is 31.3. The lowest BCUT2D eigenvalue weighted by molar-refractivity contribution is 0.141. The first-order valence-corrected chi connectivity index (χ1v) is 22.7. The Morgan fingerprint density at radius 2 is 0.767 bits per heavy atom. The maximum atomic E-state index is 13.4. The summed E-state index contributed by atoms with van der Waals surface area (Å²) in [6, 6.07) is 21.6. The van der Waals surface area contributed by atoms with Gasteiger partial charge in [0.25, 0.3) is 0 Å². The van der Waals surface area contributed by atoms with Gasteiger partial charge in [0.05, 0.1) is 36.7 Å². The molecule has 244 valence electrons. The fraction of sp³-hybridized carbons (Fsp3) is 0.636. The molecule has 0 aliphatic rings. The smallest absolute Gasteiger partial charge is 0.306 e. The molecular weight excluding hydrogens is 616 g/mol. The second-order valence-electron chi connectivity index (χ2n) is 12.0. The zero-order valence-electron chi connectivity index (χ0n) is 27.7. The third-order valence-corrected chi connectivity index (χ3v) is 16.5. The van der Waals surface area contributed by atoms with Gasteiger partial charge in [-0.1, -0.05) is 76.5 Å². The Balaban J connectivity index is 2.07. The normalized spacial score (nSPS) is 14.2. The molecule has 0 bridgehead atoms. The molecule has 0 heterocycles. The molecule has 0 amide bonds. The van der Waals surface area contributed by atoms with E-state index in [4.69, 9.17) is 18.1 Å². The molecule has 2 unspecified atom stereocenters. The fourth-order valence-electron chi connectivity index (χ4n) is 4.93. The molecule has 2 aromatic carbocycles. The topological polar surface area (TPSA) is 71.1 Å². The summed E-state index contributed by atoms with van der Waals surface area (Å²) in [6.45, 7) is 15.3. The van der Waals surface area contributed by atoms with Gasteiger partial charge in [0.1, 0.15) is 0 Å². The highest BCUT2D eigenvalue weighted by Gasteiger charge is 2.29. The maximum Gasteiger partial charge on any atom is 0.331 e. The molecule has 10 heteroatoms. The minimum atomic E-state index is -3.14. The summed E-state index contributed by atoms with van der Waals surface area (Å²) in [7, 11) is -7.08. The number of hydrogen-bond donors (Lipinski definition) is 0. The van der Waals surface area contributed by atoms with Crippen molar-refractivity contribution in [1.82, 2.24) is 0 Å². The van der Waals surface area contributed by atoms with E-state index in [-0.39, 0.29) is 24.4 Å². The molecule has 0 saturated heterocycles. The van der Waals surface area contributed by atoms with Gasteiger partial charge < -0.3 is 18.1 Å². The molecule has 2 rings (SSSR count). The van der Waals surface area contributed by atoms with Crippen LogP contribution in [0, 0.1) is 0 Å². The molecule has 2 atom stereocenters. The molecule has 0 aliphatic carbocycles. The lowest BCUT2D eigenvalue weighted by atomic mass is 10.4. The lowest BCUT2D eigenvalue weighted by Crippen LogP contribution is -2.13. The molecular formula is C33H56O6P4. The molecule has 43 heavy (non-hydrogen) atoms. The van der Waals surface area contributed by atoms with Crippen LogP contribution >= 0.6 is 31.0 Å². The van der Waals surface area contributed by atoms with Crippen molar-refractivity contribution in [3.63, 3.8) is 0 Å². The van der Waals surface area contributed by atoms with Crippen molar-refractivity contribution in [1.29, 1.82) is 0 Å². The number of rotatable bonds is 22. The van der Waals surface area contributed by atoms with Crippen LogP contribution in [-0.2, 0) is 27.2 Å². The van der Waals surface area contributed by atoms with E-state index in [0.29, 0.717) is 12.3 Å². The van der Waals surface area contributed by atoms with Crippen LogP contribution in [-0.4, -0.2) is 61.4 Å². The molecule has 0 fully saturated rings. The van der Waals surface area contributed by atoms with Crippen molar-refractivity contribution in [2.75, 3.05) is 37.0 Å². The van der Waals surface area contributed by atoms with E-state index in [9.17, 15) is 9.13 Å². The Kier molecular flexibility index (Phi) is 18.0. The maximum absolute atomic E-state index is 13.4. The summed E-state index contributed by atoms with van der Waals surface area (Å²) in [5, 5.41) is 2.78. The van der Waals surface area contributed by atoms with Crippen LogP contribution < -0.4 is 10.6 Å². The van der Waals surface area contributed by atoms with Gasteiger partial charge in [-0.05, 0) is 110 Å². The monoisotopic (exact) mass is 672 g/mol. The first kappa shape index (κ1) is 38.8. The molecule has 0 saturated carbocycles. The summed E-state index contributed by atoms with van der Waals surface area (Å²) in [5.41, 5.74) is 0. The zero-order chi connectivity index (χ0) is 31.9. The third-order valence-electron chi connectivity index (χ3n) is 6.30. The summed E-state index contributed by atoms with van der Waals surface area (Å²) in [6.07, 6.45) is 7.32. The highest BCUT2D eigenvalue weighted by atomic mass is 31.2. The van der Waals surface area contributed by atoms with Gasteiger partial charge in [0.15, 0.2) is 0 Å². The van der Waals surface area contributed by atoms with E-state index in [1.54, 1.807) is 0 Å². The Bertz CT molecular complexity index is 995. The quantitative estimate of drug-likeness (QED) is 0.116. The summed E-state index contributed by atoms with van der Waals surface area (Å²) >= 11 is 0. The van der Waals surface area contributed by atoms with Gasteiger partial charge in [-0.2, -0.15) is 0 Å². The molecule has 0 radical (unpaired) electrons. The van der Waals surface area contributed by atoms with Crippen LogP contribution in [0.5, 0.6) is 0 Å². The minimum Gasteiger partial charge on any atom is -0.306 e. The Hall–Kier alpha value is -0.400.